The fourth-order valence-corrected chi connectivity index (χ4v) is 13.0. The van der Waals surface area contributed by atoms with Crippen molar-refractivity contribution >= 4 is 23.9 Å². The molecule has 0 saturated carbocycles. The molecule has 2 spiro atoms. The highest BCUT2D eigenvalue weighted by atomic mass is 16.6. The van der Waals surface area contributed by atoms with Gasteiger partial charge in [0.2, 0.25) is 0 Å². The van der Waals surface area contributed by atoms with Crippen LogP contribution in [0.2, 0.25) is 0 Å². The van der Waals surface area contributed by atoms with E-state index in [0.29, 0.717) is 18.8 Å². The van der Waals surface area contributed by atoms with Crippen molar-refractivity contribution in [2.45, 2.75) is 208 Å². The molecule has 4 aliphatic rings. The molecule has 0 radical (unpaired) electrons. The predicted octanol–water partition coefficient (Wildman–Crippen LogP) is 14.2. The number of benzene rings is 4. The van der Waals surface area contributed by atoms with Gasteiger partial charge in [-0.25, -0.2) is 0 Å². The summed E-state index contributed by atoms with van der Waals surface area (Å²) in [5, 5.41) is 0. The molecule has 0 bridgehead atoms. The van der Waals surface area contributed by atoms with Crippen molar-refractivity contribution in [3.63, 3.8) is 0 Å². The normalized spacial score (nSPS) is 23.6. The van der Waals surface area contributed by atoms with Crippen molar-refractivity contribution in [1.82, 2.24) is 0 Å². The van der Waals surface area contributed by atoms with Gasteiger partial charge in [-0.2, -0.15) is 0 Å². The Morgan fingerprint density at radius 2 is 0.754 bits per heavy atom. The lowest BCUT2D eigenvalue weighted by molar-refractivity contribution is -0.136. The average Bonchev–Trinajstić information content (AvgIpc) is 3.84. The maximum atomic E-state index is 12.4. The number of esters is 4. The van der Waals surface area contributed by atoms with Gasteiger partial charge in [0.25, 0.3) is 0 Å². The first-order valence-electron chi connectivity index (χ1n) is 25.7. The zero-order chi connectivity index (χ0) is 51.0. The van der Waals surface area contributed by atoms with Crippen molar-refractivity contribution < 1.29 is 38.1 Å². The Labute approximate surface area is 412 Å². The van der Waals surface area contributed by atoms with E-state index in [1.54, 1.807) is 49.9 Å². The van der Waals surface area contributed by atoms with Crippen LogP contribution in [0.3, 0.4) is 0 Å². The lowest BCUT2D eigenvalue weighted by Crippen LogP contribution is -2.38. The average molecular weight is 939 g/mol. The second-order valence-electron chi connectivity index (χ2n) is 22.7. The summed E-state index contributed by atoms with van der Waals surface area (Å²) in [5.41, 5.74) is 15.7. The summed E-state index contributed by atoms with van der Waals surface area (Å²) >= 11 is 0. The summed E-state index contributed by atoms with van der Waals surface area (Å²) in [6.07, 6.45) is 5.77. The minimum atomic E-state index is -0.529. The molecule has 0 amide bonds. The molecular formula is C61H78O8. The number of rotatable bonds is 10. The molecule has 370 valence electrons. The first-order valence-corrected chi connectivity index (χ1v) is 25.7. The molecule has 4 aromatic carbocycles. The molecule has 0 fully saturated rings. The van der Waals surface area contributed by atoms with E-state index in [2.05, 4.69) is 114 Å². The minimum Gasteiger partial charge on any atom is -0.423 e. The van der Waals surface area contributed by atoms with E-state index >= 15 is 0 Å². The highest BCUT2D eigenvalue weighted by Gasteiger charge is 2.62. The van der Waals surface area contributed by atoms with Crippen LogP contribution in [0, 0.1) is 33.6 Å². The number of fused-ring (bicyclic) bond motifs is 8. The minimum absolute atomic E-state index is 0.150. The zero-order valence-electron chi connectivity index (χ0n) is 44.8. The van der Waals surface area contributed by atoms with Gasteiger partial charge in [-0.15, -0.1) is 0 Å². The fraction of sp³-hybridized carbons (Fsp3) is 0.541. The van der Waals surface area contributed by atoms with Crippen LogP contribution in [0.5, 0.6) is 23.0 Å². The fourth-order valence-electron chi connectivity index (χ4n) is 13.0. The van der Waals surface area contributed by atoms with Crippen molar-refractivity contribution in [2.24, 2.45) is 5.92 Å². The number of carbonyl (C=O) groups is 4. The molecule has 0 aliphatic heterocycles. The predicted molar refractivity (Wildman–Crippen MR) is 274 cm³/mol. The van der Waals surface area contributed by atoms with Gasteiger partial charge >= 0.3 is 23.9 Å². The Hall–Kier alpha value is -5.24. The van der Waals surface area contributed by atoms with Crippen LogP contribution in [0.15, 0.2) is 48.5 Å². The van der Waals surface area contributed by atoms with Gasteiger partial charge < -0.3 is 18.9 Å². The molecular weight excluding hydrogens is 861 g/mol. The molecule has 0 heterocycles. The largest absolute Gasteiger partial charge is 0.423 e. The highest BCUT2D eigenvalue weighted by Crippen LogP contribution is 2.68. The molecule has 69 heavy (non-hydrogen) atoms. The molecule has 0 N–H and O–H groups in total. The van der Waals surface area contributed by atoms with Crippen LogP contribution in [-0.4, -0.2) is 23.9 Å². The van der Waals surface area contributed by atoms with Crippen molar-refractivity contribution in [3.8, 4) is 23.0 Å². The summed E-state index contributed by atoms with van der Waals surface area (Å²) < 4.78 is 22.7. The van der Waals surface area contributed by atoms with Crippen LogP contribution in [0.1, 0.15) is 215 Å². The first-order chi connectivity index (χ1) is 32.3. The maximum absolute atomic E-state index is 12.4. The molecule has 4 atom stereocenters. The van der Waals surface area contributed by atoms with E-state index in [9.17, 15) is 19.2 Å². The quantitative estimate of drug-likeness (QED) is 0.114. The SMILES string of the molecule is CCC(=O)Oc1cc2c(cc1OC(=O)CC)C1(CC2(C)C)CC(C)(C)c2cc(OC(=O)CC)c(OC(=O)CC)cc21.CCC1(C)CC2(c3cc(C)c(C)cc31)c1cc(C)c(C)cc1C(C)(CC)C2C. The third-order valence-electron chi connectivity index (χ3n) is 17.6. The number of hydrogen-bond acceptors (Lipinski definition) is 8. The molecule has 8 heteroatoms. The molecule has 4 unspecified atom stereocenters. The second kappa shape index (κ2) is 18.2. The van der Waals surface area contributed by atoms with Crippen LogP contribution >= 0.6 is 0 Å². The van der Waals surface area contributed by atoms with Gasteiger partial charge in [0.15, 0.2) is 23.0 Å². The summed E-state index contributed by atoms with van der Waals surface area (Å²) in [7, 11) is 0. The number of carbonyl (C=O) groups excluding carboxylic acids is 4. The van der Waals surface area contributed by atoms with E-state index < -0.39 is 29.3 Å². The summed E-state index contributed by atoms with van der Waals surface area (Å²) in [6.45, 7) is 36.9. The molecule has 8 rings (SSSR count). The van der Waals surface area contributed by atoms with Gasteiger partial charge in [0.05, 0.1) is 0 Å². The first kappa shape index (κ1) is 51.6. The van der Waals surface area contributed by atoms with E-state index in [1.165, 1.54) is 41.5 Å². The Kier molecular flexibility index (Phi) is 13.6. The molecule has 0 aromatic heterocycles. The van der Waals surface area contributed by atoms with Gasteiger partial charge in [-0.3, -0.25) is 19.2 Å². The van der Waals surface area contributed by atoms with E-state index in [-0.39, 0.29) is 75.8 Å². The molecule has 8 nitrogen and oxygen atoms in total. The number of hydrogen-bond donors (Lipinski definition) is 0. The highest BCUT2D eigenvalue weighted by molar-refractivity contribution is 5.79. The molecule has 0 saturated heterocycles. The van der Waals surface area contributed by atoms with Crippen molar-refractivity contribution in [2.75, 3.05) is 0 Å². The van der Waals surface area contributed by atoms with E-state index in [0.717, 1.165) is 22.3 Å². The van der Waals surface area contributed by atoms with Crippen LogP contribution in [0.25, 0.3) is 0 Å². The van der Waals surface area contributed by atoms with Gasteiger partial charge in [0.1, 0.15) is 0 Å². The summed E-state index contributed by atoms with van der Waals surface area (Å²) in [4.78, 5) is 49.4. The van der Waals surface area contributed by atoms with E-state index in [4.69, 9.17) is 18.9 Å². The van der Waals surface area contributed by atoms with Gasteiger partial charge in [-0.1, -0.05) is 114 Å². The molecule has 4 aliphatic carbocycles. The standard InChI is InChI=1S/C33H40O8.C28H38/c1-9-27(34)38-23-13-19-21(15-25(23)40-29(36)11-3)33(17-31(19,5)6)18-32(7,8)20-14-24(39-28(35)10-2)26(16-22(20)33)41-30(37)12-4;1-10-26(8)16-28(24-14-19(5)17(3)12-22(24)26)21(7)27(9,11-2)23-13-18(4)20(6)15-25(23)28/h13-16H,9-12,17-18H2,1-8H3;12-15,21H,10-11,16H2,1-9H3. The van der Waals surface area contributed by atoms with Crippen LogP contribution in [0.4, 0.5) is 0 Å². The monoisotopic (exact) mass is 939 g/mol. The molecule has 4 aromatic rings. The topological polar surface area (TPSA) is 105 Å². The Balaban J connectivity index is 0.000000218. The summed E-state index contributed by atoms with van der Waals surface area (Å²) in [6, 6.07) is 17.5. The third-order valence-corrected chi connectivity index (χ3v) is 17.6. The second-order valence-corrected chi connectivity index (χ2v) is 22.7. The zero-order valence-corrected chi connectivity index (χ0v) is 44.8. The Morgan fingerprint density at radius 1 is 0.435 bits per heavy atom. The van der Waals surface area contributed by atoms with Crippen LogP contribution < -0.4 is 18.9 Å². The lowest BCUT2D eigenvalue weighted by Gasteiger charge is -2.39. The van der Waals surface area contributed by atoms with Crippen LogP contribution in [-0.2, 0) is 51.7 Å². The lowest BCUT2D eigenvalue weighted by atomic mass is 9.63. The number of aryl methyl sites for hydroxylation is 4. The number of ether oxygens (including phenoxy) is 4. The van der Waals surface area contributed by atoms with Gasteiger partial charge in [0, 0.05) is 36.5 Å². The smallest absolute Gasteiger partial charge is 0.311 e. The summed E-state index contributed by atoms with van der Waals surface area (Å²) in [5.74, 6) is -0.268. The maximum Gasteiger partial charge on any atom is 0.311 e. The van der Waals surface area contributed by atoms with Crippen molar-refractivity contribution in [1.29, 1.82) is 0 Å². The van der Waals surface area contributed by atoms with E-state index in [1.807, 2.05) is 24.3 Å². The third kappa shape index (κ3) is 8.33. The van der Waals surface area contributed by atoms with Crippen molar-refractivity contribution in [3.05, 3.63) is 115 Å². The van der Waals surface area contributed by atoms with Gasteiger partial charge in [-0.05, 0) is 178 Å². The Bertz CT molecular complexity index is 2630. The Morgan fingerprint density at radius 3 is 1.09 bits per heavy atom.